The first-order valence-corrected chi connectivity index (χ1v) is 7.04. The Morgan fingerprint density at radius 3 is 2.53 bits per heavy atom. The van der Waals surface area contributed by atoms with E-state index in [1.807, 2.05) is 38.1 Å². The summed E-state index contributed by atoms with van der Waals surface area (Å²) in [5, 5.41) is 0. The highest BCUT2D eigenvalue weighted by atomic mass is 79.9. The van der Waals surface area contributed by atoms with Crippen LogP contribution in [0.2, 0.25) is 4.34 Å². The van der Waals surface area contributed by atoms with Gasteiger partial charge in [-0.15, -0.1) is 11.3 Å². The van der Waals surface area contributed by atoms with Crippen LogP contribution in [-0.4, -0.2) is 5.78 Å². The van der Waals surface area contributed by atoms with Gasteiger partial charge in [0.2, 0.25) is 5.78 Å². The third-order valence-corrected chi connectivity index (χ3v) is 4.57. The van der Waals surface area contributed by atoms with Crippen molar-refractivity contribution in [3.05, 3.63) is 54.6 Å². The smallest absolute Gasteiger partial charge is 0.203 e. The van der Waals surface area contributed by atoms with E-state index in [0.29, 0.717) is 9.21 Å². The molecule has 88 valence electrons. The fourth-order valence-electron chi connectivity index (χ4n) is 1.54. The third-order valence-electron chi connectivity index (χ3n) is 2.53. The maximum absolute atomic E-state index is 12.3. The molecule has 1 aromatic carbocycles. The molecule has 17 heavy (non-hydrogen) atoms. The van der Waals surface area contributed by atoms with Crippen LogP contribution in [0.25, 0.3) is 0 Å². The van der Waals surface area contributed by atoms with Gasteiger partial charge in [0.15, 0.2) is 0 Å². The summed E-state index contributed by atoms with van der Waals surface area (Å²) in [5.74, 6) is 0.0313. The average Bonchev–Trinajstić information content (AvgIpc) is 2.62. The quantitative estimate of drug-likeness (QED) is 0.708. The molecular weight excluding hydrogens is 320 g/mol. The first-order valence-electron chi connectivity index (χ1n) is 5.06. The van der Waals surface area contributed by atoms with Crippen LogP contribution in [0.5, 0.6) is 0 Å². The van der Waals surface area contributed by atoms with Crippen molar-refractivity contribution in [3.8, 4) is 0 Å². The van der Waals surface area contributed by atoms with E-state index in [4.69, 9.17) is 11.6 Å². The summed E-state index contributed by atoms with van der Waals surface area (Å²) in [7, 11) is 0. The summed E-state index contributed by atoms with van der Waals surface area (Å²) in [6.07, 6.45) is 0. The zero-order valence-electron chi connectivity index (χ0n) is 9.38. The molecule has 4 heteroatoms. The van der Waals surface area contributed by atoms with Crippen LogP contribution in [0.15, 0.2) is 28.7 Å². The van der Waals surface area contributed by atoms with E-state index in [2.05, 4.69) is 15.9 Å². The molecule has 0 bridgehead atoms. The Kier molecular flexibility index (Phi) is 3.71. The number of benzene rings is 1. The number of thiophene rings is 1. The highest BCUT2D eigenvalue weighted by Gasteiger charge is 2.15. The fraction of sp³-hybridized carbons (Fsp3) is 0.154. The van der Waals surface area contributed by atoms with Gasteiger partial charge in [0.1, 0.15) is 0 Å². The van der Waals surface area contributed by atoms with Crippen LogP contribution in [0.4, 0.5) is 0 Å². The molecule has 0 unspecified atom stereocenters. The van der Waals surface area contributed by atoms with Gasteiger partial charge in [-0.25, -0.2) is 0 Å². The molecule has 0 aliphatic heterocycles. The van der Waals surface area contributed by atoms with Gasteiger partial charge in [0.25, 0.3) is 0 Å². The molecule has 0 atom stereocenters. The van der Waals surface area contributed by atoms with Crippen molar-refractivity contribution in [3.63, 3.8) is 0 Å². The maximum atomic E-state index is 12.3. The zero-order chi connectivity index (χ0) is 12.6. The lowest BCUT2D eigenvalue weighted by atomic mass is 10.0. The lowest BCUT2D eigenvalue weighted by molar-refractivity contribution is 0.104. The van der Waals surface area contributed by atoms with Crippen LogP contribution >= 0.6 is 38.9 Å². The van der Waals surface area contributed by atoms with Gasteiger partial charge in [-0.1, -0.05) is 33.6 Å². The van der Waals surface area contributed by atoms with Crippen molar-refractivity contribution in [1.82, 2.24) is 0 Å². The first-order chi connectivity index (χ1) is 7.99. The topological polar surface area (TPSA) is 17.1 Å². The van der Waals surface area contributed by atoms with Crippen molar-refractivity contribution in [2.45, 2.75) is 13.8 Å². The number of carbonyl (C=O) groups is 1. The number of hydrogen-bond acceptors (Lipinski definition) is 2. The van der Waals surface area contributed by atoms with E-state index in [9.17, 15) is 4.79 Å². The van der Waals surface area contributed by atoms with Gasteiger partial charge >= 0.3 is 0 Å². The number of hydrogen-bond donors (Lipinski definition) is 0. The molecule has 0 saturated heterocycles. The summed E-state index contributed by atoms with van der Waals surface area (Å²) in [5.41, 5.74) is 2.64. The van der Waals surface area contributed by atoms with Crippen LogP contribution < -0.4 is 0 Å². The Morgan fingerprint density at radius 2 is 1.94 bits per heavy atom. The minimum atomic E-state index is 0.0313. The fourth-order valence-corrected chi connectivity index (χ4v) is 3.06. The van der Waals surface area contributed by atoms with Gasteiger partial charge in [-0.2, -0.15) is 0 Å². The molecule has 0 fully saturated rings. The van der Waals surface area contributed by atoms with Crippen LogP contribution in [-0.2, 0) is 0 Å². The van der Waals surface area contributed by atoms with Crippen molar-refractivity contribution >= 4 is 44.7 Å². The summed E-state index contributed by atoms with van der Waals surface area (Å²) in [4.78, 5) is 13.0. The molecule has 0 aliphatic rings. The van der Waals surface area contributed by atoms with Crippen molar-refractivity contribution in [2.24, 2.45) is 0 Å². The van der Waals surface area contributed by atoms with Gasteiger partial charge in [0, 0.05) is 10.0 Å². The van der Waals surface area contributed by atoms with Gasteiger partial charge in [0.05, 0.1) is 9.21 Å². The Balaban J connectivity index is 2.47. The lowest BCUT2D eigenvalue weighted by Gasteiger charge is -2.03. The standard InChI is InChI=1S/C13H10BrClOS/c1-7-3-4-9(14)6-10(7)12(16)11-5-8(2)13(15)17-11/h3-6H,1-2H3. The molecule has 2 aromatic rings. The molecule has 1 heterocycles. The first kappa shape index (κ1) is 12.8. The van der Waals surface area contributed by atoms with Crippen LogP contribution in [0.3, 0.4) is 0 Å². The normalized spacial score (nSPS) is 10.6. The van der Waals surface area contributed by atoms with Gasteiger partial charge < -0.3 is 0 Å². The molecule has 0 aliphatic carbocycles. The second-order valence-electron chi connectivity index (χ2n) is 3.86. The number of halogens is 2. The molecule has 1 aromatic heterocycles. The molecule has 0 N–H and O–H groups in total. The largest absolute Gasteiger partial charge is 0.288 e. The average molecular weight is 330 g/mol. The molecule has 2 rings (SSSR count). The van der Waals surface area contributed by atoms with Crippen LogP contribution in [0, 0.1) is 13.8 Å². The monoisotopic (exact) mass is 328 g/mol. The van der Waals surface area contributed by atoms with Crippen molar-refractivity contribution in [1.29, 1.82) is 0 Å². The Labute approximate surface area is 118 Å². The summed E-state index contributed by atoms with van der Waals surface area (Å²) in [6.45, 7) is 3.84. The molecule has 0 amide bonds. The second-order valence-corrected chi connectivity index (χ2v) is 6.43. The summed E-state index contributed by atoms with van der Waals surface area (Å²) >= 11 is 10.7. The summed E-state index contributed by atoms with van der Waals surface area (Å²) < 4.78 is 1.59. The highest BCUT2D eigenvalue weighted by molar-refractivity contribution is 9.10. The summed E-state index contributed by atoms with van der Waals surface area (Å²) in [6, 6.07) is 7.55. The minimum absolute atomic E-state index is 0.0313. The molecule has 0 radical (unpaired) electrons. The maximum Gasteiger partial charge on any atom is 0.203 e. The molecule has 0 saturated carbocycles. The SMILES string of the molecule is Cc1ccc(Br)cc1C(=O)c1cc(C)c(Cl)s1. The Morgan fingerprint density at radius 1 is 1.24 bits per heavy atom. The minimum Gasteiger partial charge on any atom is -0.288 e. The van der Waals surface area contributed by atoms with Crippen molar-refractivity contribution in [2.75, 3.05) is 0 Å². The second kappa shape index (κ2) is 4.92. The Hall–Kier alpha value is -0.640. The predicted octanol–water partition coefficient (Wildman–Crippen LogP) is 5.01. The molecular formula is C13H10BrClOS. The number of rotatable bonds is 2. The zero-order valence-corrected chi connectivity index (χ0v) is 12.5. The number of ketones is 1. The van der Waals surface area contributed by atoms with E-state index in [1.54, 1.807) is 0 Å². The lowest BCUT2D eigenvalue weighted by Crippen LogP contribution is -2.01. The Bertz CT molecular complexity index is 570. The van der Waals surface area contributed by atoms with Crippen LogP contribution in [0.1, 0.15) is 26.4 Å². The number of carbonyl (C=O) groups excluding carboxylic acids is 1. The third kappa shape index (κ3) is 2.62. The predicted molar refractivity (Wildman–Crippen MR) is 76.4 cm³/mol. The van der Waals surface area contributed by atoms with Gasteiger partial charge in [-0.05, 0) is 43.2 Å². The van der Waals surface area contributed by atoms with E-state index < -0.39 is 0 Å². The van der Waals surface area contributed by atoms with E-state index in [-0.39, 0.29) is 5.78 Å². The van der Waals surface area contributed by atoms with E-state index in [1.165, 1.54) is 11.3 Å². The molecule has 0 spiro atoms. The highest BCUT2D eigenvalue weighted by Crippen LogP contribution is 2.29. The van der Waals surface area contributed by atoms with Gasteiger partial charge in [-0.3, -0.25) is 4.79 Å². The molecule has 1 nitrogen and oxygen atoms in total. The number of aryl methyl sites for hydroxylation is 2. The van der Waals surface area contributed by atoms with E-state index in [0.717, 1.165) is 21.2 Å². The van der Waals surface area contributed by atoms with E-state index >= 15 is 0 Å². The van der Waals surface area contributed by atoms with Crippen molar-refractivity contribution < 1.29 is 4.79 Å².